The number of anilines is 1. The molecule has 0 unspecified atom stereocenters. The fourth-order valence-electron chi connectivity index (χ4n) is 2.36. The summed E-state index contributed by atoms with van der Waals surface area (Å²) in [4.78, 5) is 23.8. The second-order valence-corrected chi connectivity index (χ2v) is 5.28. The predicted molar refractivity (Wildman–Crippen MR) is 86.2 cm³/mol. The molecule has 0 spiro atoms. The number of hydrogen-bond donors (Lipinski definition) is 3. The van der Waals surface area contributed by atoms with Crippen LogP contribution in [0.2, 0.25) is 0 Å². The van der Waals surface area contributed by atoms with Crippen molar-refractivity contribution in [2.75, 3.05) is 25.0 Å². The molecule has 1 saturated heterocycles. The van der Waals surface area contributed by atoms with E-state index in [-0.39, 0.29) is 24.5 Å². The summed E-state index contributed by atoms with van der Waals surface area (Å²) in [5, 5.41) is 5.29. The first-order valence-corrected chi connectivity index (χ1v) is 7.78. The quantitative estimate of drug-likeness (QED) is 0.684. The van der Waals surface area contributed by atoms with Crippen molar-refractivity contribution in [1.29, 1.82) is 0 Å². The van der Waals surface area contributed by atoms with Crippen LogP contribution >= 0.6 is 0 Å². The Kier molecular flexibility index (Phi) is 6.37. The van der Waals surface area contributed by atoms with Gasteiger partial charge in [0.1, 0.15) is 11.9 Å². The van der Waals surface area contributed by atoms with E-state index in [0.29, 0.717) is 25.3 Å². The van der Waals surface area contributed by atoms with Crippen molar-refractivity contribution in [2.45, 2.75) is 32.0 Å². The van der Waals surface area contributed by atoms with Crippen LogP contribution in [0.25, 0.3) is 0 Å². The van der Waals surface area contributed by atoms with Gasteiger partial charge in [-0.3, -0.25) is 9.59 Å². The number of hydrogen-bond acceptors (Lipinski definition) is 5. The Morgan fingerprint density at radius 1 is 1.30 bits per heavy atom. The highest BCUT2D eigenvalue weighted by Crippen LogP contribution is 2.19. The van der Waals surface area contributed by atoms with E-state index >= 15 is 0 Å². The number of nitrogens with two attached hydrogens (primary N) is 1. The lowest BCUT2D eigenvalue weighted by molar-refractivity contribution is -0.133. The molecule has 23 heavy (non-hydrogen) atoms. The van der Waals surface area contributed by atoms with Crippen molar-refractivity contribution < 1.29 is 19.1 Å². The highest BCUT2D eigenvalue weighted by atomic mass is 16.5. The second kappa shape index (κ2) is 8.50. The van der Waals surface area contributed by atoms with Crippen molar-refractivity contribution in [1.82, 2.24) is 5.32 Å². The zero-order valence-corrected chi connectivity index (χ0v) is 13.2. The van der Waals surface area contributed by atoms with Gasteiger partial charge in [0.25, 0.3) is 0 Å². The first-order valence-electron chi connectivity index (χ1n) is 7.78. The smallest absolute Gasteiger partial charge is 0.249 e. The molecule has 2 amide bonds. The molecule has 4 N–H and O–H groups in total. The number of rotatable bonds is 7. The molecule has 7 heteroatoms. The summed E-state index contributed by atoms with van der Waals surface area (Å²) in [5.74, 6) is 0.172. The maximum absolute atomic E-state index is 11.9. The molecule has 0 aliphatic carbocycles. The molecule has 2 rings (SSSR count). The van der Waals surface area contributed by atoms with Gasteiger partial charge >= 0.3 is 0 Å². The van der Waals surface area contributed by atoms with E-state index in [0.717, 1.165) is 12.2 Å². The molecule has 0 radical (unpaired) electrons. The molecule has 2 atom stereocenters. The fourth-order valence-corrected chi connectivity index (χ4v) is 2.36. The monoisotopic (exact) mass is 321 g/mol. The van der Waals surface area contributed by atoms with E-state index in [1.807, 2.05) is 6.92 Å². The Labute approximate surface area is 135 Å². The lowest BCUT2D eigenvalue weighted by atomic mass is 10.2. The molecule has 0 aromatic heterocycles. The molecule has 1 fully saturated rings. The summed E-state index contributed by atoms with van der Waals surface area (Å²) in [7, 11) is 0. The molecular formula is C16H23N3O4. The summed E-state index contributed by atoms with van der Waals surface area (Å²) in [5.41, 5.74) is 6.15. The van der Waals surface area contributed by atoms with Gasteiger partial charge < -0.3 is 25.8 Å². The Balaban J connectivity index is 1.73. The summed E-state index contributed by atoms with van der Waals surface area (Å²) in [6.45, 7) is 2.80. The van der Waals surface area contributed by atoms with Gasteiger partial charge in [0.15, 0.2) is 0 Å². The number of nitrogens with one attached hydrogen (secondary N) is 2. The summed E-state index contributed by atoms with van der Waals surface area (Å²) < 4.78 is 10.8. The second-order valence-electron chi connectivity index (χ2n) is 5.28. The van der Waals surface area contributed by atoms with Crippen molar-refractivity contribution in [3.8, 4) is 5.75 Å². The molecule has 0 saturated carbocycles. The lowest BCUT2D eigenvalue weighted by Crippen LogP contribution is -2.39. The standard InChI is InChI=1S/C16H23N3O4/c1-2-22-12-5-3-11(4-6-12)19-15(20)10-18-16(21)14-8-7-13(9-17)23-14/h3-6,13-14H,2,7-10,17H2,1H3,(H,18,21)(H,19,20)/t13-,14+/m1/s1. The highest BCUT2D eigenvalue weighted by Gasteiger charge is 2.29. The third kappa shape index (κ3) is 5.22. The van der Waals surface area contributed by atoms with E-state index < -0.39 is 6.10 Å². The van der Waals surface area contributed by atoms with Crippen LogP contribution in [-0.4, -0.2) is 43.7 Å². The third-order valence-corrected chi connectivity index (χ3v) is 3.54. The van der Waals surface area contributed by atoms with Crippen molar-refractivity contribution >= 4 is 17.5 Å². The van der Waals surface area contributed by atoms with Crippen LogP contribution in [0.1, 0.15) is 19.8 Å². The van der Waals surface area contributed by atoms with Gasteiger partial charge in [-0.1, -0.05) is 0 Å². The van der Waals surface area contributed by atoms with Crippen LogP contribution in [0.5, 0.6) is 5.75 Å². The molecule has 1 aromatic carbocycles. The number of amides is 2. The largest absolute Gasteiger partial charge is 0.494 e. The van der Waals surface area contributed by atoms with E-state index in [4.69, 9.17) is 15.2 Å². The van der Waals surface area contributed by atoms with Crippen molar-refractivity contribution in [3.63, 3.8) is 0 Å². The van der Waals surface area contributed by atoms with E-state index in [9.17, 15) is 9.59 Å². The Morgan fingerprint density at radius 3 is 2.65 bits per heavy atom. The predicted octanol–water partition coefficient (Wildman–Crippen LogP) is 0.646. The molecular weight excluding hydrogens is 298 g/mol. The highest BCUT2D eigenvalue weighted by molar-refractivity contribution is 5.95. The number of carbonyl (C=O) groups excluding carboxylic acids is 2. The van der Waals surface area contributed by atoms with Crippen molar-refractivity contribution in [2.24, 2.45) is 5.73 Å². The van der Waals surface area contributed by atoms with Gasteiger partial charge in [0.2, 0.25) is 11.8 Å². The van der Waals surface area contributed by atoms with Gasteiger partial charge in [-0.2, -0.15) is 0 Å². The van der Waals surface area contributed by atoms with Gasteiger partial charge in [-0.25, -0.2) is 0 Å². The average molecular weight is 321 g/mol. The molecule has 7 nitrogen and oxygen atoms in total. The first-order chi connectivity index (χ1) is 11.1. The van der Waals surface area contributed by atoms with Crippen LogP contribution in [0.15, 0.2) is 24.3 Å². The van der Waals surface area contributed by atoms with Crippen LogP contribution < -0.4 is 21.1 Å². The fraction of sp³-hybridized carbons (Fsp3) is 0.500. The normalized spacial score (nSPS) is 20.1. The summed E-state index contributed by atoms with van der Waals surface area (Å²) in [6.07, 6.45) is 0.825. The SMILES string of the molecule is CCOc1ccc(NC(=O)CNC(=O)[C@@H]2CC[C@H](CN)O2)cc1. The first kappa shape index (κ1) is 17.2. The van der Waals surface area contributed by atoms with Crippen molar-refractivity contribution in [3.05, 3.63) is 24.3 Å². The minimum absolute atomic E-state index is 0.0663. The van der Waals surface area contributed by atoms with Gasteiger partial charge in [0.05, 0.1) is 19.3 Å². The zero-order chi connectivity index (χ0) is 16.7. The number of benzene rings is 1. The van der Waals surface area contributed by atoms with Gasteiger partial charge in [-0.05, 0) is 44.0 Å². The van der Waals surface area contributed by atoms with Crippen LogP contribution in [-0.2, 0) is 14.3 Å². The zero-order valence-electron chi connectivity index (χ0n) is 13.2. The van der Waals surface area contributed by atoms with Gasteiger partial charge in [-0.15, -0.1) is 0 Å². The van der Waals surface area contributed by atoms with E-state index in [2.05, 4.69) is 10.6 Å². The van der Waals surface area contributed by atoms with E-state index in [1.54, 1.807) is 24.3 Å². The molecule has 1 heterocycles. The molecule has 126 valence electrons. The third-order valence-electron chi connectivity index (χ3n) is 3.54. The maximum Gasteiger partial charge on any atom is 0.249 e. The minimum Gasteiger partial charge on any atom is -0.494 e. The number of carbonyl (C=O) groups is 2. The molecule has 0 bridgehead atoms. The minimum atomic E-state index is -0.512. The van der Waals surface area contributed by atoms with E-state index in [1.165, 1.54) is 0 Å². The molecule has 1 aromatic rings. The Morgan fingerprint density at radius 2 is 2.04 bits per heavy atom. The maximum atomic E-state index is 11.9. The molecule has 1 aliphatic rings. The van der Waals surface area contributed by atoms with Crippen LogP contribution in [0, 0.1) is 0 Å². The van der Waals surface area contributed by atoms with Crippen LogP contribution in [0.3, 0.4) is 0 Å². The topological polar surface area (TPSA) is 103 Å². The van der Waals surface area contributed by atoms with Crippen LogP contribution in [0.4, 0.5) is 5.69 Å². The summed E-state index contributed by atoms with van der Waals surface area (Å²) in [6, 6.07) is 7.04. The number of ether oxygens (including phenoxy) is 2. The lowest BCUT2D eigenvalue weighted by Gasteiger charge is -2.12. The average Bonchev–Trinajstić information content (AvgIpc) is 3.04. The Hall–Kier alpha value is -2.12. The summed E-state index contributed by atoms with van der Waals surface area (Å²) >= 11 is 0. The molecule has 1 aliphatic heterocycles. The van der Waals surface area contributed by atoms with Gasteiger partial charge in [0, 0.05) is 12.2 Å². The Bertz CT molecular complexity index is 533.